The van der Waals surface area contributed by atoms with E-state index in [0.717, 1.165) is 0 Å². The van der Waals surface area contributed by atoms with Gasteiger partial charge in [0.15, 0.2) is 0 Å². The Bertz CT molecular complexity index is 655. The fourth-order valence-corrected chi connectivity index (χ4v) is 1.90. The SMILES string of the molecule is O=C(Nc1n[nH]c(C(F)(F)F)n1)c1ccc(SC(F)F)cc1. The average molecular weight is 338 g/mol. The van der Waals surface area contributed by atoms with Crippen molar-refractivity contribution in [1.29, 1.82) is 0 Å². The van der Waals surface area contributed by atoms with Gasteiger partial charge in [-0.1, -0.05) is 11.8 Å². The molecule has 0 aliphatic heterocycles. The number of H-pyrrole nitrogens is 1. The molecule has 0 bridgehead atoms. The first-order valence-corrected chi connectivity index (χ1v) is 6.49. The number of benzene rings is 1. The minimum atomic E-state index is -4.70. The van der Waals surface area contributed by atoms with Gasteiger partial charge in [0.2, 0.25) is 11.8 Å². The van der Waals surface area contributed by atoms with Gasteiger partial charge in [0.05, 0.1) is 0 Å². The number of amides is 1. The maximum absolute atomic E-state index is 12.3. The molecular formula is C11H7F5N4OS. The fourth-order valence-electron chi connectivity index (χ4n) is 1.41. The van der Waals surface area contributed by atoms with Crippen molar-refractivity contribution in [2.24, 2.45) is 0 Å². The molecule has 0 saturated carbocycles. The second-order valence-corrected chi connectivity index (χ2v) is 4.93. The zero-order valence-electron chi connectivity index (χ0n) is 10.5. The summed E-state index contributed by atoms with van der Waals surface area (Å²) in [7, 11) is 0. The molecule has 0 aliphatic rings. The highest BCUT2D eigenvalue weighted by Gasteiger charge is 2.35. The number of carbonyl (C=O) groups is 1. The van der Waals surface area contributed by atoms with Gasteiger partial charge in [-0.2, -0.15) is 26.9 Å². The number of aromatic nitrogens is 3. The molecule has 1 amide bonds. The van der Waals surface area contributed by atoms with Gasteiger partial charge in [-0.15, -0.1) is 5.10 Å². The lowest BCUT2D eigenvalue weighted by Gasteiger charge is -2.03. The number of aromatic amines is 1. The van der Waals surface area contributed by atoms with Gasteiger partial charge in [-0.05, 0) is 24.3 Å². The number of halogens is 5. The molecule has 0 aliphatic carbocycles. The maximum Gasteiger partial charge on any atom is 0.451 e. The number of thioether (sulfide) groups is 1. The van der Waals surface area contributed by atoms with E-state index < -0.39 is 29.6 Å². The summed E-state index contributed by atoms with van der Waals surface area (Å²) in [5.41, 5.74) is 0.0666. The molecule has 2 N–H and O–H groups in total. The minimum absolute atomic E-state index is 0.0666. The molecule has 1 heterocycles. The molecule has 0 unspecified atom stereocenters. The molecule has 0 saturated heterocycles. The van der Waals surface area contributed by atoms with Crippen LogP contribution in [0, 0.1) is 0 Å². The first-order valence-electron chi connectivity index (χ1n) is 5.61. The van der Waals surface area contributed by atoms with E-state index in [9.17, 15) is 26.7 Å². The maximum atomic E-state index is 12.3. The second kappa shape index (κ2) is 6.30. The third-order valence-electron chi connectivity index (χ3n) is 2.32. The number of nitrogens with zero attached hydrogens (tertiary/aromatic N) is 2. The second-order valence-electron chi connectivity index (χ2n) is 3.86. The van der Waals surface area contributed by atoms with Crippen LogP contribution < -0.4 is 5.32 Å². The largest absolute Gasteiger partial charge is 0.451 e. The zero-order valence-corrected chi connectivity index (χ0v) is 11.3. The molecule has 0 spiro atoms. The van der Waals surface area contributed by atoms with E-state index in [2.05, 4.69) is 15.4 Å². The van der Waals surface area contributed by atoms with Crippen LogP contribution in [0.5, 0.6) is 0 Å². The van der Waals surface area contributed by atoms with Gasteiger partial charge >= 0.3 is 6.18 Å². The van der Waals surface area contributed by atoms with Crippen LogP contribution in [0.1, 0.15) is 16.2 Å². The normalized spacial score (nSPS) is 11.7. The van der Waals surface area contributed by atoms with Crippen molar-refractivity contribution in [3.63, 3.8) is 0 Å². The summed E-state index contributed by atoms with van der Waals surface area (Å²) in [6.07, 6.45) is -4.70. The van der Waals surface area contributed by atoms with E-state index in [1.54, 1.807) is 5.10 Å². The first kappa shape index (κ1) is 16.2. The zero-order chi connectivity index (χ0) is 16.3. The highest BCUT2D eigenvalue weighted by molar-refractivity contribution is 7.99. The molecule has 0 atom stereocenters. The van der Waals surface area contributed by atoms with Gasteiger partial charge < -0.3 is 0 Å². The van der Waals surface area contributed by atoms with Crippen LogP contribution in [0.4, 0.5) is 27.9 Å². The van der Waals surface area contributed by atoms with E-state index in [4.69, 9.17) is 0 Å². The number of anilines is 1. The Balaban J connectivity index is 2.04. The van der Waals surface area contributed by atoms with Crippen LogP contribution in [-0.4, -0.2) is 26.8 Å². The Hall–Kier alpha value is -2.17. The average Bonchev–Trinajstić information content (AvgIpc) is 2.87. The number of nitrogens with one attached hydrogen (secondary N) is 2. The van der Waals surface area contributed by atoms with Gasteiger partial charge in [-0.25, -0.2) is 0 Å². The van der Waals surface area contributed by atoms with Crippen LogP contribution in [0.3, 0.4) is 0 Å². The molecule has 0 radical (unpaired) electrons. The lowest BCUT2D eigenvalue weighted by Crippen LogP contribution is -2.13. The number of carbonyl (C=O) groups excluding carboxylic acids is 1. The van der Waals surface area contributed by atoms with Crippen molar-refractivity contribution in [3.05, 3.63) is 35.7 Å². The topological polar surface area (TPSA) is 70.7 Å². The lowest BCUT2D eigenvalue weighted by atomic mass is 10.2. The van der Waals surface area contributed by atoms with E-state index in [1.807, 2.05) is 0 Å². The predicted molar refractivity (Wildman–Crippen MR) is 67.6 cm³/mol. The predicted octanol–water partition coefficient (Wildman–Crippen LogP) is 3.39. The Morgan fingerprint density at radius 3 is 2.36 bits per heavy atom. The number of alkyl halides is 5. The number of hydrogen-bond acceptors (Lipinski definition) is 4. The highest BCUT2D eigenvalue weighted by atomic mass is 32.2. The Kier molecular flexibility index (Phi) is 4.64. The van der Waals surface area contributed by atoms with Crippen molar-refractivity contribution in [1.82, 2.24) is 15.2 Å². The van der Waals surface area contributed by atoms with Crippen LogP contribution in [0.2, 0.25) is 0 Å². The van der Waals surface area contributed by atoms with Gasteiger partial charge in [0.25, 0.3) is 11.7 Å². The molecular weight excluding hydrogens is 331 g/mol. The van der Waals surface area contributed by atoms with Gasteiger partial charge in [0, 0.05) is 10.5 Å². The summed E-state index contributed by atoms with van der Waals surface area (Å²) in [4.78, 5) is 15.1. The third kappa shape index (κ3) is 4.16. The van der Waals surface area contributed by atoms with Gasteiger partial charge in [0.1, 0.15) is 0 Å². The van der Waals surface area contributed by atoms with Crippen molar-refractivity contribution >= 4 is 23.6 Å². The van der Waals surface area contributed by atoms with Crippen LogP contribution in [-0.2, 0) is 6.18 Å². The van der Waals surface area contributed by atoms with Crippen molar-refractivity contribution in [3.8, 4) is 0 Å². The van der Waals surface area contributed by atoms with E-state index in [1.165, 1.54) is 24.3 Å². The third-order valence-corrected chi connectivity index (χ3v) is 3.04. The fraction of sp³-hybridized carbons (Fsp3) is 0.182. The first-order chi connectivity index (χ1) is 10.3. The smallest absolute Gasteiger partial charge is 0.289 e. The van der Waals surface area contributed by atoms with Crippen molar-refractivity contribution in [2.75, 3.05) is 5.32 Å². The van der Waals surface area contributed by atoms with Crippen LogP contribution in [0.15, 0.2) is 29.2 Å². The molecule has 1 aromatic heterocycles. The summed E-state index contributed by atoms with van der Waals surface area (Å²) in [5.74, 6) is -5.23. The molecule has 0 fully saturated rings. The molecule has 2 aromatic rings. The quantitative estimate of drug-likeness (QED) is 0.662. The lowest BCUT2D eigenvalue weighted by molar-refractivity contribution is -0.144. The summed E-state index contributed by atoms with van der Waals surface area (Å²) in [6, 6.07) is 5.12. The molecule has 11 heteroatoms. The van der Waals surface area contributed by atoms with Crippen molar-refractivity contribution in [2.45, 2.75) is 16.8 Å². The van der Waals surface area contributed by atoms with Crippen LogP contribution in [0.25, 0.3) is 0 Å². The van der Waals surface area contributed by atoms with Crippen LogP contribution >= 0.6 is 11.8 Å². The summed E-state index contributed by atoms with van der Waals surface area (Å²) in [6.45, 7) is 0. The monoisotopic (exact) mass is 338 g/mol. The van der Waals surface area contributed by atoms with Gasteiger partial charge in [-0.3, -0.25) is 15.2 Å². The minimum Gasteiger partial charge on any atom is -0.289 e. The Morgan fingerprint density at radius 2 is 1.86 bits per heavy atom. The van der Waals surface area contributed by atoms with E-state index in [-0.39, 0.29) is 10.5 Å². The summed E-state index contributed by atoms with van der Waals surface area (Å²) < 4.78 is 61.2. The molecule has 2 rings (SSSR count). The van der Waals surface area contributed by atoms with Crippen molar-refractivity contribution < 1.29 is 26.7 Å². The molecule has 118 valence electrons. The molecule has 5 nitrogen and oxygen atoms in total. The van der Waals surface area contributed by atoms with E-state index >= 15 is 0 Å². The summed E-state index contributed by atoms with van der Waals surface area (Å²) in [5, 5.41) is 6.92. The standard InChI is InChI=1S/C11H7F5N4OS/c12-9(13)22-6-3-1-5(2-4-6)7(21)17-10-18-8(19-20-10)11(14,15)16/h1-4,9H,(H2,17,18,19,20,21). The molecule has 22 heavy (non-hydrogen) atoms. The van der Waals surface area contributed by atoms with E-state index in [0.29, 0.717) is 11.8 Å². The highest BCUT2D eigenvalue weighted by Crippen LogP contribution is 2.27. The number of rotatable bonds is 4. The summed E-state index contributed by atoms with van der Waals surface area (Å²) >= 11 is 0.309. The molecule has 1 aromatic carbocycles. The number of hydrogen-bond donors (Lipinski definition) is 2. The Labute approximate surface area is 124 Å². The Morgan fingerprint density at radius 1 is 1.23 bits per heavy atom.